The summed E-state index contributed by atoms with van der Waals surface area (Å²) in [5.41, 5.74) is 3.78. The monoisotopic (exact) mass is 272 g/mol. The van der Waals surface area contributed by atoms with E-state index in [-0.39, 0.29) is 6.04 Å². The van der Waals surface area contributed by atoms with Crippen molar-refractivity contribution in [1.29, 1.82) is 0 Å². The maximum absolute atomic E-state index is 5.52. The first kappa shape index (κ1) is 9.92. The van der Waals surface area contributed by atoms with Gasteiger partial charge in [-0.25, -0.2) is 5.43 Å². The molecule has 0 radical (unpaired) electrons. The van der Waals surface area contributed by atoms with Crippen LogP contribution in [0.1, 0.15) is 16.5 Å². The number of nitrogens with two attached hydrogens (primary N) is 1. The zero-order chi connectivity index (χ0) is 9.97. The van der Waals surface area contributed by atoms with Gasteiger partial charge in [0, 0.05) is 10.4 Å². The van der Waals surface area contributed by atoms with Crippen LogP contribution in [-0.2, 0) is 0 Å². The lowest BCUT2D eigenvalue weighted by Gasteiger charge is -2.12. The summed E-state index contributed by atoms with van der Waals surface area (Å²) in [6.45, 7) is 0. The minimum atomic E-state index is -0.0110. The Balaban J connectivity index is 2.36. The quantitative estimate of drug-likeness (QED) is 0.667. The first-order valence-corrected chi connectivity index (χ1v) is 5.72. The fraction of sp³-hybridized carbons (Fsp3) is 0.111. The van der Waals surface area contributed by atoms with Crippen LogP contribution < -0.4 is 11.3 Å². The molecule has 0 saturated heterocycles. The Bertz CT molecular complexity index is 399. The molecule has 2 rings (SSSR count). The Hall–Kier alpha value is -0.620. The van der Waals surface area contributed by atoms with Gasteiger partial charge in [-0.3, -0.25) is 5.84 Å². The summed E-state index contributed by atoms with van der Waals surface area (Å²) in [5, 5.41) is 2.02. The summed E-state index contributed by atoms with van der Waals surface area (Å²) in [6.07, 6.45) is 1.64. The van der Waals surface area contributed by atoms with Gasteiger partial charge in [0.1, 0.15) is 0 Å². The first-order valence-electron chi connectivity index (χ1n) is 4.05. The van der Waals surface area contributed by atoms with Crippen molar-refractivity contribution in [2.45, 2.75) is 6.04 Å². The van der Waals surface area contributed by atoms with E-state index in [9.17, 15) is 0 Å². The minimum Gasteiger partial charge on any atom is -0.457 e. The number of furan rings is 1. The van der Waals surface area contributed by atoms with Gasteiger partial charge in [-0.15, -0.1) is 11.3 Å². The van der Waals surface area contributed by atoms with Crippen molar-refractivity contribution in [3.63, 3.8) is 0 Å². The highest BCUT2D eigenvalue weighted by atomic mass is 79.9. The van der Waals surface area contributed by atoms with E-state index in [1.165, 1.54) is 0 Å². The van der Waals surface area contributed by atoms with Crippen molar-refractivity contribution < 1.29 is 4.42 Å². The van der Waals surface area contributed by atoms with Crippen molar-refractivity contribution in [2.75, 3.05) is 0 Å². The van der Waals surface area contributed by atoms with E-state index < -0.39 is 0 Å². The largest absolute Gasteiger partial charge is 0.457 e. The van der Waals surface area contributed by atoms with E-state index in [0.717, 1.165) is 10.4 Å². The van der Waals surface area contributed by atoms with Crippen LogP contribution in [0.2, 0.25) is 0 Å². The van der Waals surface area contributed by atoms with Gasteiger partial charge in [0.05, 0.1) is 12.3 Å². The molecule has 2 aromatic heterocycles. The van der Waals surface area contributed by atoms with Crippen LogP contribution in [-0.4, -0.2) is 0 Å². The molecule has 0 aromatic carbocycles. The fourth-order valence-corrected chi connectivity index (χ4v) is 2.56. The molecule has 3 nitrogen and oxygen atoms in total. The molecular formula is C9H9BrN2OS. The van der Waals surface area contributed by atoms with Crippen LogP contribution in [0.3, 0.4) is 0 Å². The Morgan fingerprint density at radius 2 is 2.36 bits per heavy atom. The van der Waals surface area contributed by atoms with Gasteiger partial charge in [-0.2, -0.15) is 0 Å². The average Bonchev–Trinajstić information content (AvgIpc) is 2.80. The van der Waals surface area contributed by atoms with E-state index in [1.54, 1.807) is 17.6 Å². The predicted molar refractivity (Wildman–Crippen MR) is 59.9 cm³/mol. The number of hydrogen-bond acceptors (Lipinski definition) is 4. The number of hydrogen-bond donors (Lipinski definition) is 2. The van der Waals surface area contributed by atoms with Crippen LogP contribution in [0.25, 0.3) is 0 Å². The highest BCUT2D eigenvalue weighted by Gasteiger charge is 2.17. The van der Waals surface area contributed by atoms with Crippen LogP contribution in [0.15, 0.2) is 38.9 Å². The Morgan fingerprint density at radius 1 is 1.50 bits per heavy atom. The molecule has 1 atom stereocenters. The number of thiophene rings is 1. The Kier molecular flexibility index (Phi) is 3.02. The standard InChI is InChI=1S/C9H9BrN2OS/c10-9-6(3-4-13-9)8(12-11)7-2-1-5-14-7/h1-5,8,12H,11H2. The van der Waals surface area contributed by atoms with E-state index in [2.05, 4.69) is 21.4 Å². The van der Waals surface area contributed by atoms with Crippen molar-refractivity contribution >= 4 is 27.3 Å². The molecule has 14 heavy (non-hydrogen) atoms. The van der Waals surface area contributed by atoms with Crippen molar-refractivity contribution in [3.05, 3.63) is 45.0 Å². The first-order chi connectivity index (χ1) is 6.83. The molecule has 5 heteroatoms. The molecule has 0 fully saturated rings. The average molecular weight is 273 g/mol. The summed E-state index contributed by atoms with van der Waals surface area (Å²) >= 11 is 4.99. The number of rotatable bonds is 3. The maximum atomic E-state index is 5.52. The third kappa shape index (κ3) is 1.76. The maximum Gasteiger partial charge on any atom is 0.174 e. The predicted octanol–water partition coefficient (Wildman–Crippen LogP) is 2.66. The van der Waals surface area contributed by atoms with Crippen molar-refractivity contribution in [1.82, 2.24) is 5.43 Å². The van der Waals surface area contributed by atoms with E-state index in [1.807, 2.05) is 23.6 Å². The van der Waals surface area contributed by atoms with Gasteiger partial charge in [0.25, 0.3) is 0 Å². The summed E-state index contributed by atoms with van der Waals surface area (Å²) in [7, 11) is 0. The van der Waals surface area contributed by atoms with Gasteiger partial charge in [0.15, 0.2) is 4.67 Å². The Labute approximate surface area is 94.0 Å². The second-order valence-corrected chi connectivity index (χ2v) is 4.46. The normalized spacial score (nSPS) is 13.0. The van der Waals surface area contributed by atoms with Crippen LogP contribution in [0.4, 0.5) is 0 Å². The van der Waals surface area contributed by atoms with Gasteiger partial charge >= 0.3 is 0 Å². The molecule has 0 aliphatic carbocycles. The van der Waals surface area contributed by atoms with E-state index in [4.69, 9.17) is 10.3 Å². The van der Waals surface area contributed by atoms with E-state index >= 15 is 0 Å². The highest BCUT2D eigenvalue weighted by molar-refractivity contribution is 9.10. The molecule has 2 aromatic rings. The molecule has 74 valence electrons. The van der Waals surface area contributed by atoms with Gasteiger partial charge in [0.2, 0.25) is 0 Å². The third-order valence-corrected chi connectivity index (χ3v) is 3.53. The highest BCUT2D eigenvalue weighted by Crippen LogP contribution is 2.30. The number of hydrazine groups is 1. The molecule has 1 unspecified atom stereocenters. The third-order valence-electron chi connectivity index (χ3n) is 1.95. The smallest absolute Gasteiger partial charge is 0.174 e. The zero-order valence-electron chi connectivity index (χ0n) is 7.24. The molecule has 0 amide bonds. The number of halogens is 1. The second-order valence-electron chi connectivity index (χ2n) is 2.76. The summed E-state index contributed by atoms with van der Waals surface area (Å²) in [5.74, 6) is 5.52. The van der Waals surface area contributed by atoms with Crippen LogP contribution in [0, 0.1) is 0 Å². The van der Waals surface area contributed by atoms with Crippen molar-refractivity contribution in [3.8, 4) is 0 Å². The lowest BCUT2D eigenvalue weighted by Crippen LogP contribution is -2.28. The van der Waals surface area contributed by atoms with Gasteiger partial charge in [-0.1, -0.05) is 6.07 Å². The SMILES string of the molecule is NNC(c1cccs1)c1ccoc1Br. The second kappa shape index (κ2) is 4.27. The summed E-state index contributed by atoms with van der Waals surface area (Å²) in [6, 6.07) is 5.92. The van der Waals surface area contributed by atoms with Gasteiger partial charge in [-0.05, 0) is 33.4 Å². The van der Waals surface area contributed by atoms with E-state index in [0.29, 0.717) is 4.67 Å². The minimum absolute atomic E-state index is 0.0110. The molecule has 2 heterocycles. The molecule has 0 aliphatic rings. The summed E-state index contributed by atoms with van der Waals surface area (Å²) in [4.78, 5) is 1.16. The number of nitrogens with one attached hydrogen (secondary N) is 1. The fourth-order valence-electron chi connectivity index (χ4n) is 1.29. The Morgan fingerprint density at radius 3 is 2.86 bits per heavy atom. The molecular weight excluding hydrogens is 264 g/mol. The van der Waals surface area contributed by atoms with Crippen LogP contribution in [0.5, 0.6) is 0 Å². The molecule has 0 saturated carbocycles. The van der Waals surface area contributed by atoms with Crippen LogP contribution >= 0.6 is 27.3 Å². The van der Waals surface area contributed by atoms with Crippen molar-refractivity contribution in [2.24, 2.45) is 5.84 Å². The molecule has 0 aliphatic heterocycles. The molecule has 0 spiro atoms. The lowest BCUT2D eigenvalue weighted by atomic mass is 10.1. The summed E-state index contributed by atoms with van der Waals surface area (Å²) < 4.78 is 5.89. The van der Waals surface area contributed by atoms with Gasteiger partial charge < -0.3 is 4.42 Å². The topological polar surface area (TPSA) is 51.2 Å². The zero-order valence-corrected chi connectivity index (χ0v) is 9.64. The lowest BCUT2D eigenvalue weighted by molar-refractivity contribution is 0.528. The molecule has 0 bridgehead atoms. The molecule has 3 N–H and O–H groups in total.